The molecular weight excluding hydrogens is 348 g/mol. The van der Waals surface area contributed by atoms with E-state index in [1.54, 1.807) is 7.11 Å². The fourth-order valence-corrected chi connectivity index (χ4v) is 3.48. The summed E-state index contributed by atoms with van der Waals surface area (Å²) < 4.78 is 7.48. The zero-order valence-corrected chi connectivity index (χ0v) is 15.6. The van der Waals surface area contributed by atoms with Crippen LogP contribution in [0.4, 0.5) is 0 Å². The number of hydrogen-bond acceptors (Lipinski definition) is 4. The van der Waals surface area contributed by atoms with E-state index in [2.05, 4.69) is 33.7 Å². The van der Waals surface area contributed by atoms with Crippen LogP contribution in [0.2, 0.25) is 0 Å². The van der Waals surface area contributed by atoms with Crippen LogP contribution in [0.3, 0.4) is 0 Å². The highest BCUT2D eigenvalue weighted by Gasteiger charge is 2.17. The van der Waals surface area contributed by atoms with Crippen LogP contribution < -0.4 is 4.74 Å². The molecule has 2 aromatic heterocycles. The number of aromatic nitrogens is 4. The van der Waals surface area contributed by atoms with Gasteiger partial charge < -0.3 is 4.74 Å². The first kappa shape index (κ1) is 16.4. The Morgan fingerprint density at radius 3 is 2.46 bits per heavy atom. The summed E-state index contributed by atoms with van der Waals surface area (Å²) in [5.41, 5.74) is 6.56. The molecule has 5 rings (SSSR count). The van der Waals surface area contributed by atoms with E-state index >= 15 is 0 Å². The van der Waals surface area contributed by atoms with E-state index in [0.717, 1.165) is 50.6 Å². The molecule has 0 saturated heterocycles. The van der Waals surface area contributed by atoms with Crippen LogP contribution in [-0.4, -0.2) is 26.7 Å². The molecule has 5 aromatic rings. The number of hydrogen-bond donors (Lipinski definition) is 0. The minimum atomic E-state index is 0.738. The molecule has 0 bridgehead atoms. The number of methoxy groups -OCH3 is 1. The minimum Gasteiger partial charge on any atom is -0.497 e. The van der Waals surface area contributed by atoms with Crippen molar-refractivity contribution in [3.63, 3.8) is 0 Å². The van der Waals surface area contributed by atoms with Crippen LogP contribution in [0.25, 0.3) is 39.3 Å². The molecule has 0 amide bonds. The summed E-state index contributed by atoms with van der Waals surface area (Å²) in [7, 11) is 1.66. The smallest absolute Gasteiger partial charge is 0.188 e. The van der Waals surface area contributed by atoms with Gasteiger partial charge in [0.05, 0.1) is 18.1 Å². The van der Waals surface area contributed by atoms with Gasteiger partial charge in [-0.05, 0) is 36.8 Å². The summed E-state index contributed by atoms with van der Waals surface area (Å²) in [5.74, 6) is 1.55. The first-order chi connectivity index (χ1) is 13.7. The van der Waals surface area contributed by atoms with Crippen molar-refractivity contribution in [1.29, 1.82) is 0 Å². The maximum Gasteiger partial charge on any atom is 0.188 e. The SMILES string of the molecule is COc1cccc(-c2nnc3c(-c4ccccc4)nc4ccc(C)cc4n23)c1. The topological polar surface area (TPSA) is 52.3 Å². The lowest BCUT2D eigenvalue weighted by Gasteiger charge is -2.10. The van der Waals surface area contributed by atoms with E-state index in [-0.39, 0.29) is 0 Å². The number of aryl methyl sites for hydroxylation is 1. The van der Waals surface area contributed by atoms with E-state index in [0.29, 0.717) is 0 Å². The van der Waals surface area contributed by atoms with Gasteiger partial charge in [0.15, 0.2) is 11.5 Å². The summed E-state index contributed by atoms with van der Waals surface area (Å²) in [6, 6.07) is 24.2. The number of fused-ring (bicyclic) bond motifs is 3. The fourth-order valence-electron chi connectivity index (χ4n) is 3.48. The van der Waals surface area contributed by atoms with E-state index in [1.807, 2.05) is 60.7 Å². The minimum absolute atomic E-state index is 0.738. The van der Waals surface area contributed by atoms with Gasteiger partial charge in [0.2, 0.25) is 0 Å². The maximum atomic E-state index is 5.39. The first-order valence-corrected chi connectivity index (χ1v) is 9.10. The van der Waals surface area contributed by atoms with E-state index in [4.69, 9.17) is 9.72 Å². The number of nitrogens with zero attached hydrogens (tertiary/aromatic N) is 4. The van der Waals surface area contributed by atoms with Crippen molar-refractivity contribution < 1.29 is 4.74 Å². The van der Waals surface area contributed by atoms with Crippen molar-refractivity contribution >= 4 is 16.7 Å². The molecule has 3 aromatic carbocycles. The van der Waals surface area contributed by atoms with Crippen molar-refractivity contribution in [2.45, 2.75) is 6.92 Å². The lowest BCUT2D eigenvalue weighted by molar-refractivity contribution is 0.415. The van der Waals surface area contributed by atoms with E-state index < -0.39 is 0 Å². The van der Waals surface area contributed by atoms with Gasteiger partial charge >= 0.3 is 0 Å². The van der Waals surface area contributed by atoms with Gasteiger partial charge in [0, 0.05) is 11.1 Å². The Morgan fingerprint density at radius 2 is 1.64 bits per heavy atom. The van der Waals surface area contributed by atoms with E-state index in [1.165, 1.54) is 0 Å². The number of rotatable bonds is 3. The Hall–Kier alpha value is -3.73. The van der Waals surface area contributed by atoms with Crippen LogP contribution in [0.5, 0.6) is 5.75 Å². The quantitative estimate of drug-likeness (QED) is 0.454. The number of ether oxygens (including phenoxy) is 1. The largest absolute Gasteiger partial charge is 0.497 e. The van der Waals surface area contributed by atoms with Gasteiger partial charge in [0.1, 0.15) is 11.4 Å². The molecule has 0 aliphatic heterocycles. The highest BCUT2D eigenvalue weighted by molar-refractivity contribution is 5.88. The predicted octanol–water partition coefficient (Wildman–Crippen LogP) is 4.93. The Kier molecular flexibility index (Phi) is 3.79. The van der Waals surface area contributed by atoms with Gasteiger partial charge in [-0.2, -0.15) is 0 Å². The third kappa shape index (κ3) is 2.60. The molecule has 0 N–H and O–H groups in total. The fraction of sp³-hybridized carbons (Fsp3) is 0.0870. The van der Waals surface area contributed by atoms with Crippen molar-refractivity contribution in [1.82, 2.24) is 19.6 Å². The van der Waals surface area contributed by atoms with Crippen molar-refractivity contribution in [2.24, 2.45) is 0 Å². The molecule has 28 heavy (non-hydrogen) atoms. The molecule has 0 saturated carbocycles. The van der Waals surface area contributed by atoms with Gasteiger partial charge in [0.25, 0.3) is 0 Å². The standard InChI is InChI=1S/C23H18N4O/c1-15-11-12-19-20(13-15)27-22(17-9-6-10-18(14-17)28-2)25-26-23(27)21(24-19)16-7-4-3-5-8-16/h3-14H,1-2H3. The molecule has 5 nitrogen and oxygen atoms in total. The molecular formula is C23H18N4O. The highest BCUT2D eigenvalue weighted by Crippen LogP contribution is 2.31. The first-order valence-electron chi connectivity index (χ1n) is 9.10. The molecule has 5 heteroatoms. The molecule has 0 radical (unpaired) electrons. The maximum absolute atomic E-state index is 5.39. The summed E-state index contributed by atoms with van der Waals surface area (Å²) in [5, 5.41) is 9.04. The van der Waals surface area contributed by atoms with Crippen molar-refractivity contribution in [2.75, 3.05) is 7.11 Å². The van der Waals surface area contributed by atoms with Crippen molar-refractivity contribution in [3.05, 3.63) is 78.4 Å². The second-order valence-electron chi connectivity index (χ2n) is 6.73. The lowest BCUT2D eigenvalue weighted by atomic mass is 10.1. The van der Waals surface area contributed by atoms with Crippen molar-refractivity contribution in [3.8, 4) is 28.4 Å². The third-order valence-electron chi connectivity index (χ3n) is 4.85. The Bertz CT molecular complexity index is 1310. The second-order valence-corrected chi connectivity index (χ2v) is 6.73. The average Bonchev–Trinajstić information content (AvgIpc) is 3.19. The third-order valence-corrected chi connectivity index (χ3v) is 4.85. The molecule has 0 atom stereocenters. The normalized spacial score (nSPS) is 11.2. The monoisotopic (exact) mass is 366 g/mol. The average molecular weight is 366 g/mol. The summed E-state index contributed by atoms with van der Waals surface area (Å²) in [6.07, 6.45) is 0. The van der Waals surface area contributed by atoms with Gasteiger partial charge in [-0.15, -0.1) is 10.2 Å². The molecule has 0 unspecified atom stereocenters. The molecule has 0 aliphatic carbocycles. The Labute approximate surface area is 162 Å². The van der Waals surface area contributed by atoms with Crippen LogP contribution in [0, 0.1) is 6.92 Å². The zero-order chi connectivity index (χ0) is 19.1. The summed E-state index contributed by atoms with van der Waals surface area (Å²) >= 11 is 0. The Morgan fingerprint density at radius 1 is 0.821 bits per heavy atom. The Balaban J connectivity index is 1.90. The van der Waals surface area contributed by atoms with Crippen LogP contribution in [0.1, 0.15) is 5.56 Å². The highest BCUT2D eigenvalue weighted by atomic mass is 16.5. The van der Waals surface area contributed by atoms with E-state index in [9.17, 15) is 0 Å². The molecule has 0 spiro atoms. The lowest BCUT2D eigenvalue weighted by Crippen LogP contribution is -1.98. The number of benzene rings is 3. The van der Waals surface area contributed by atoms with Crippen LogP contribution in [0.15, 0.2) is 72.8 Å². The van der Waals surface area contributed by atoms with Gasteiger partial charge in [-0.25, -0.2) is 4.98 Å². The molecule has 0 aliphatic rings. The van der Waals surface area contributed by atoms with Crippen LogP contribution in [-0.2, 0) is 0 Å². The molecule has 0 fully saturated rings. The predicted molar refractivity (Wildman–Crippen MR) is 110 cm³/mol. The zero-order valence-electron chi connectivity index (χ0n) is 15.6. The van der Waals surface area contributed by atoms with Crippen LogP contribution >= 0.6 is 0 Å². The van der Waals surface area contributed by atoms with Gasteiger partial charge in [-0.1, -0.05) is 48.5 Å². The summed E-state index contributed by atoms with van der Waals surface area (Å²) in [6.45, 7) is 2.08. The summed E-state index contributed by atoms with van der Waals surface area (Å²) in [4.78, 5) is 4.91. The molecule has 2 heterocycles. The molecule has 136 valence electrons. The van der Waals surface area contributed by atoms with Gasteiger partial charge in [-0.3, -0.25) is 4.40 Å². The second kappa shape index (κ2) is 6.46.